The molecule has 1 amide bonds. The maximum absolute atomic E-state index is 12.1. The number of aliphatic hydroxyl groups excluding tert-OH is 1. The maximum Gasteiger partial charge on any atom is 0.251 e. The van der Waals surface area contributed by atoms with Gasteiger partial charge in [-0.1, -0.05) is 6.07 Å². The highest BCUT2D eigenvalue weighted by Crippen LogP contribution is 2.25. The lowest BCUT2D eigenvalue weighted by Crippen LogP contribution is -2.26. The minimum Gasteiger partial charge on any atom is -0.457 e. The molecular formula is C17H20N2O3. The van der Waals surface area contributed by atoms with E-state index in [4.69, 9.17) is 4.74 Å². The number of pyridine rings is 1. The van der Waals surface area contributed by atoms with Crippen LogP contribution >= 0.6 is 0 Å². The molecule has 5 heteroatoms. The third-order valence-electron chi connectivity index (χ3n) is 3.18. The maximum atomic E-state index is 12.1. The molecule has 1 atom stereocenters. The Hall–Kier alpha value is -2.40. The van der Waals surface area contributed by atoms with Crippen LogP contribution in [0.4, 0.5) is 0 Å². The molecule has 0 radical (unpaired) electrons. The summed E-state index contributed by atoms with van der Waals surface area (Å²) in [7, 11) is 0. The van der Waals surface area contributed by atoms with Gasteiger partial charge in [-0.2, -0.15) is 0 Å². The van der Waals surface area contributed by atoms with E-state index in [1.54, 1.807) is 43.6 Å². The second-order valence-corrected chi connectivity index (χ2v) is 5.16. The Labute approximate surface area is 130 Å². The van der Waals surface area contributed by atoms with Crippen molar-refractivity contribution in [3.8, 4) is 11.5 Å². The van der Waals surface area contributed by atoms with E-state index in [9.17, 15) is 9.90 Å². The third kappa shape index (κ3) is 4.56. The molecule has 1 aromatic heterocycles. The van der Waals surface area contributed by atoms with Crippen molar-refractivity contribution in [1.82, 2.24) is 10.3 Å². The number of aliphatic hydroxyl groups is 1. The van der Waals surface area contributed by atoms with Crippen LogP contribution in [-0.4, -0.2) is 28.6 Å². The second kappa shape index (κ2) is 7.56. The molecule has 1 unspecified atom stereocenters. The quantitative estimate of drug-likeness (QED) is 0.860. The van der Waals surface area contributed by atoms with E-state index in [1.807, 2.05) is 13.0 Å². The fourth-order valence-corrected chi connectivity index (χ4v) is 1.88. The second-order valence-electron chi connectivity index (χ2n) is 5.16. The smallest absolute Gasteiger partial charge is 0.251 e. The number of rotatable bonds is 6. The molecule has 1 aromatic carbocycles. The van der Waals surface area contributed by atoms with Gasteiger partial charge < -0.3 is 15.2 Å². The highest BCUT2D eigenvalue weighted by atomic mass is 16.5. The van der Waals surface area contributed by atoms with Gasteiger partial charge in [0, 0.05) is 24.5 Å². The summed E-state index contributed by atoms with van der Waals surface area (Å²) in [6, 6.07) is 8.84. The van der Waals surface area contributed by atoms with Crippen molar-refractivity contribution in [3.63, 3.8) is 0 Å². The Kier molecular flexibility index (Phi) is 5.49. The van der Waals surface area contributed by atoms with Crippen LogP contribution in [0.15, 0.2) is 42.7 Å². The number of ether oxygens (including phenoxy) is 1. The Morgan fingerprint density at radius 3 is 2.73 bits per heavy atom. The number of hydrogen-bond donors (Lipinski definition) is 2. The third-order valence-corrected chi connectivity index (χ3v) is 3.18. The minimum absolute atomic E-state index is 0.180. The molecule has 0 bridgehead atoms. The van der Waals surface area contributed by atoms with E-state index < -0.39 is 6.10 Å². The predicted octanol–water partition coefficient (Wildman–Crippen LogP) is 2.68. The summed E-state index contributed by atoms with van der Waals surface area (Å²) in [6.07, 6.45) is 3.40. The summed E-state index contributed by atoms with van der Waals surface area (Å²) in [5, 5.41) is 12.0. The molecule has 2 aromatic rings. The molecule has 1 heterocycles. The van der Waals surface area contributed by atoms with E-state index in [0.717, 1.165) is 5.56 Å². The van der Waals surface area contributed by atoms with Gasteiger partial charge in [-0.3, -0.25) is 9.78 Å². The lowest BCUT2D eigenvalue weighted by atomic mass is 10.1. The van der Waals surface area contributed by atoms with Gasteiger partial charge in [0.05, 0.1) is 6.10 Å². The van der Waals surface area contributed by atoms with Gasteiger partial charge in [0.2, 0.25) is 0 Å². The standard InChI is InChI=1S/C17H20N2O3/c1-12-3-4-14(17(21)19-10-5-13(2)20)11-16(12)22-15-6-8-18-9-7-15/h3-4,6-9,11,13,20H,5,10H2,1-2H3,(H,19,21). The van der Waals surface area contributed by atoms with Crippen LogP contribution in [0.1, 0.15) is 29.3 Å². The molecule has 0 spiro atoms. The number of aromatic nitrogens is 1. The van der Waals surface area contributed by atoms with E-state index in [-0.39, 0.29) is 5.91 Å². The Morgan fingerprint density at radius 2 is 2.05 bits per heavy atom. The monoisotopic (exact) mass is 300 g/mol. The summed E-state index contributed by atoms with van der Waals surface area (Å²) < 4.78 is 5.78. The SMILES string of the molecule is Cc1ccc(C(=O)NCCC(C)O)cc1Oc1ccncc1. The zero-order chi connectivity index (χ0) is 15.9. The average Bonchev–Trinajstić information content (AvgIpc) is 2.50. The fraction of sp³-hybridized carbons (Fsp3) is 0.294. The van der Waals surface area contributed by atoms with E-state index >= 15 is 0 Å². The molecule has 2 rings (SSSR count). The molecule has 116 valence electrons. The van der Waals surface area contributed by atoms with Crippen LogP contribution in [0, 0.1) is 6.92 Å². The summed E-state index contributed by atoms with van der Waals surface area (Å²) in [6.45, 7) is 4.05. The van der Waals surface area contributed by atoms with Crippen LogP contribution in [-0.2, 0) is 0 Å². The van der Waals surface area contributed by atoms with Crippen LogP contribution in [0.2, 0.25) is 0 Å². The molecule has 0 fully saturated rings. The van der Waals surface area contributed by atoms with Crippen molar-refractivity contribution < 1.29 is 14.6 Å². The number of hydrogen-bond acceptors (Lipinski definition) is 4. The molecular weight excluding hydrogens is 280 g/mol. The zero-order valence-corrected chi connectivity index (χ0v) is 12.7. The highest BCUT2D eigenvalue weighted by molar-refractivity contribution is 5.94. The molecule has 2 N–H and O–H groups in total. The lowest BCUT2D eigenvalue weighted by Gasteiger charge is -2.11. The van der Waals surface area contributed by atoms with Crippen molar-refractivity contribution >= 4 is 5.91 Å². The summed E-state index contributed by atoms with van der Waals surface area (Å²) in [5.41, 5.74) is 1.47. The van der Waals surface area contributed by atoms with Gasteiger partial charge in [-0.15, -0.1) is 0 Å². The van der Waals surface area contributed by atoms with Crippen LogP contribution < -0.4 is 10.1 Å². The van der Waals surface area contributed by atoms with Crippen molar-refractivity contribution in [2.45, 2.75) is 26.4 Å². The molecule has 0 aliphatic heterocycles. The number of nitrogens with zero attached hydrogens (tertiary/aromatic N) is 1. The number of aryl methyl sites for hydroxylation is 1. The molecule has 0 saturated heterocycles. The number of benzene rings is 1. The zero-order valence-electron chi connectivity index (χ0n) is 12.7. The first kappa shape index (κ1) is 16.0. The predicted molar refractivity (Wildman–Crippen MR) is 84.1 cm³/mol. The van der Waals surface area contributed by atoms with Gasteiger partial charge >= 0.3 is 0 Å². The van der Waals surface area contributed by atoms with Gasteiger partial charge in [-0.25, -0.2) is 0 Å². The van der Waals surface area contributed by atoms with Crippen molar-refractivity contribution in [3.05, 3.63) is 53.9 Å². The van der Waals surface area contributed by atoms with Crippen LogP contribution in [0.3, 0.4) is 0 Å². The first-order valence-electron chi connectivity index (χ1n) is 7.21. The summed E-state index contributed by atoms with van der Waals surface area (Å²) in [5.74, 6) is 1.12. The topological polar surface area (TPSA) is 71.5 Å². The average molecular weight is 300 g/mol. The number of nitrogens with one attached hydrogen (secondary N) is 1. The van der Waals surface area contributed by atoms with E-state index in [1.165, 1.54) is 0 Å². The molecule has 0 aliphatic rings. The largest absolute Gasteiger partial charge is 0.457 e. The Balaban J connectivity index is 2.07. The fourth-order valence-electron chi connectivity index (χ4n) is 1.88. The molecule has 22 heavy (non-hydrogen) atoms. The number of amides is 1. The summed E-state index contributed by atoms with van der Waals surface area (Å²) in [4.78, 5) is 16.0. The van der Waals surface area contributed by atoms with Crippen LogP contribution in [0.5, 0.6) is 11.5 Å². The Morgan fingerprint density at radius 1 is 1.32 bits per heavy atom. The van der Waals surface area contributed by atoms with Gasteiger partial charge in [0.15, 0.2) is 0 Å². The lowest BCUT2D eigenvalue weighted by molar-refractivity contribution is 0.0945. The van der Waals surface area contributed by atoms with Crippen molar-refractivity contribution in [1.29, 1.82) is 0 Å². The van der Waals surface area contributed by atoms with E-state index in [2.05, 4.69) is 10.3 Å². The van der Waals surface area contributed by atoms with Crippen molar-refractivity contribution in [2.24, 2.45) is 0 Å². The molecule has 0 aliphatic carbocycles. The molecule has 0 saturated carbocycles. The van der Waals surface area contributed by atoms with Crippen molar-refractivity contribution in [2.75, 3.05) is 6.54 Å². The van der Waals surface area contributed by atoms with Gasteiger partial charge in [0.25, 0.3) is 5.91 Å². The van der Waals surface area contributed by atoms with E-state index in [0.29, 0.717) is 30.0 Å². The first-order chi connectivity index (χ1) is 10.6. The normalized spacial score (nSPS) is 11.8. The number of carbonyl (C=O) groups excluding carboxylic acids is 1. The molecule has 5 nitrogen and oxygen atoms in total. The van der Waals surface area contributed by atoms with Crippen LogP contribution in [0.25, 0.3) is 0 Å². The first-order valence-corrected chi connectivity index (χ1v) is 7.21. The summed E-state index contributed by atoms with van der Waals surface area (Å²) >= 11 is 0. The van der Waals surface area contributed by atoms with Gasteiger partial charge in [-0.05, 0) is 50.1 Å². The highest BCUT2D eigenvalue weighted by Gasteiger charge is 2.09. The minimum atomic E-state index is -0.427. The van der Waals surface area contributed by atoms with Gasteiger partial charge in [0.1, 0.15) is 11.5 Å². The Bertz CT molecular complexity index is 627. The number of carbonyl (C=O) groups is 1.